The van der Waals surface area contributed by atoms with E-state index in [1.165, 1.54) is 0 Å². The van der Waals surface area contributed by atoms with Crippen LogP contribution in [0.1, 0.15) is 26.7 Å². The minimum absolute atomic E-state index is 0.630. The van der Waals surface area contributed by atoms with E-state index in [-0.39, 0.29) is 0 Å². The summed E-state index contributed by atoms with van der Waals surface area (Å²) in [5.74, 6) is 0.716. The molecule has 1 heterocycles. The first-order valence-electron chi connectivity index (χ1n) is 4.69. The van der Waals surface area contributed by atoms with Crippen LogP contribution in [-0.2, 0) is 0 Å². The summed E-state index contributed by atoms with van der Waals surface area (Å²) in [6.07, 6.45) is 3.51. The fourth-order valence-electron chi connectivity index (χ4n) is 0.986. The molecule has 4 heteroatoms. The summed E-state index contributed by atoms with van der Waals surface area (Å²) >= 11 is 5.70. The Bertz CT molecular complexity index is 300. The molecule has 0 radical (unpaired) electrons. The summed E-state index contributed by atoms with van der Waals surface area (Å²) < 4.78 is 0. The highest BCUT2D eigenvalue weighted by Crippen LogP contribution is 2.09. The first-order chi connectivity index (χ1) is 6.76. The van der Waals surface area contributed by atoms with Crippen LogP contribution in [-0.4, -0.2) is 10.7 Å². The smallest absolute Gasteiger partial charge is 0.146 e. The molecule has 1 rings (SSSR count). The summed E-state index contributed by atoms with van der Waals surface area (Å²) in [7, 11) is 0. The second-order valence-electron chi connectivity index (χ2n) is 2.86. The van der Waals surface area contributed by atoms with Crippen molar-refractivity contribution in [2.75, 3.05) is 5.43 Å². The minimum atomic E-state index is 0.630. The number of rotatable bonds is 4. The Morgan fingerprint density at radius 2 is 2.14 bits per heavy atom. The number of halogens is 1. The van der Waals surface area contributed by atoms with Crippen LogP contribution in [0.15, 0.2) is 23.4 Å². The molecule has 0 saturated heterocycles. The van der Waals surface area contributed by atoms with Gasteiger partial charge in [0.25, 0.3) is 0 Å². The van der Waals surface area contributed by atoms with Crippen molar-refractivity contribution >= 4 is 23.1 Å². The van der Waals surface area contributed by atoms with Gasteiger partial charge in [-0.05, 0) is 25.0 Å². The van der Waals surface area contributed by atoms with Gasteiger partial charge < -0.3 is 0 Å². The molecule has 3 nitrogen and oxygen atoms in total. The Balaban J connectivity index is 2.60. The van der Waals surface area contributed by atoms with Gasteiger partial charge in [-0.3, -0.25) is 5.43 Å². The van der Waals surface area contributed by atoms with E-state index < -0.39 is 0 Å². The molecule has 0 aliphatic heterocycles. The first-order valence-corrected chi connectivity index (χ1v) is 5.07. The second kappa shape index (κ2) is 5.60. The predicted octanol–water partition coefficient (Wildman–Crippen LogP) is 3.32. The molecule has 0 fully saturated rings. The summed E-state index contributed by atoms with van der Waals surface area (Å²) in [4.78, 5) is 4.07. The lowest BCUT2D eigenvalue weighted by atomic mass is 10.2. The third-order valence-corrected chi connectivity index (χ3v) is 2.10. The highest BCUT2D eigenvalue weighted by atomic mass is 35.5. The van der Waals surface area contributed by atoms with E-state index in [0.29, 0.717) is 10.8 Å². The molecule has 76 valence electrons. The fourth-order valence-corrected chi connectivity index (χ4v) is 1.10. The van der Waals surface area contributed by atoms with Crippen LogP contribution in [0.25, 0.3) is 0 Å². The van der Waals surface area contributed by atoms with E-state index in [2.05, 4.69) is 29.4 Å². The zero-order valence-electron chi connectivity index (χ0n) is 8.42. The number of hydrogen-bond donors (Lipinski definition) is 1. The average Bonchev–Trinajstić information content (AvgIpc) is 2.22. The zero-order valence-corrected chi connectivity index (χ0v) is 9.17. The largest absolute Gasteiger partial charge is 0.261 e. The van der Waals surface area contributed by atoms with Crippen LogP contribution in [0.3, 0.4) is 0 Å². The van der Waals surface area contributed by atoms with Crippen LogP contribution in [0.2, 0.25) is 5.02 Å². The Morgan fingerprint density at radius 3 is 2.64 bits per heavy atom. The monoisotopic (exact) mass is 211 g/mol. The maximum atomic E-state index is 5.70. The lowest BCUT2D eigenvalue weighted by Gasteiger charge is -2.02. The first kappa shape index (κ1) is 11.0. The van der Waals surface area contributed by atoms with E-state index >= 15 is 0 Å². The van der Waals surface area contributed by atoms with Gasteiger partial charge in [0.1, 0.15) is 5.82 Å². The van der Waals surface area contributed by atoms with Gasteiger partial charge >= 0.3 is 0 Å². The molecule has 0 aliphatic rings. The van der Waals surface area contributed by atoms with Crippen molar-refractivity contribution < 1.29 is 0 Å². The Hall–Kier alpha value is -1.09. The molecule has 0 aromatic carbocycles. The molecule has 1 aromatic rings. The van der Waals surface area contributed by atoms with E-state index in [9.17, 15) is 0 Å². The van der Waals surface area contributed by atoms with E-state index in [0.717, 1.165) is 18.6 Å². The molecule has 0 amide bonds. The van der Waals surface area contributed by atoms with Crippen molar-refractivity contribution in [2.24, 2.45) is 5.10 Å². The second-order valence-corrected chi connectivity index (χ2v) is 3.30. The van der Waals surface area contributed by atoms with E-state index in [1.54, 1.807) is 18.3 Å². The number of aromatic nitrogens is 1. The third kappa shape index (κ3) is 3.34. The maximum absolute atomic E-state index is 5.70. The lowest BCUT2D eigenvalue weighted by molar-refractivity contribution is 1.11. The van der Waals surface area contributed by atoms with Gasteiger partial charge in [0, 0.05) is 11.9 Å². The van der Waals surface area contributed by atoms with Crippen LogP contribution in [0.4, 0.5) is 5.82 Å². The summed E-state index contributed by atoms with van der Waals surface area (Å²) in [5.41, 5.74) is 4.02. The quantitative estimate of drug-likeness (QED) is 0.613. The number of hydrazone groups is 1. The standard InChI is InChI=1S/C10H14ClN3/c1-3-9(4-2)13-14-10-6-5-8(11)7-12-10/h5-7H,3-4H2,1-2H3,(H,12,14). The molecule has 0 saturated carbocycles. The van der Waals surface area contributed by atoms with Gasteiger partial charge in [-0.25, -0.2) is 4.98 Å². The summed E-state index contributed by atoms with van der Waals surface area (Å²) in [6.45, 7) is 4.17. The zero-order chi connectivity index (χ0) is 10.4. The van der Waals surface area contributed by atoms with E-state index in [1.807, 2.05) is 0 Å². The lowest BCUT2D eigenvalue weighted by Crippen LogP contribution is -2.00. The SMILES string of the molecule is CCC(CC)=NNc1ccc(Cl)cn1. The van der Waals surface area contributed by atoms with Crippen LogP contribution >= 0.6 is 11.6 Å². The third-order valence-electron chi connectivity index (χ3n) is 1.87. The number of anilines is 1. The minimum Gasteiger partial charge on any atom is -0.261 e. The summed E-state index contributed by atoms with van der Waals surface area (Å²) in [6, 6.07) is 3.58. The Morgan fingerprint density at radius 1 is 1.43 bits per heavy atom. The summed E-state index contributed by atoms with van der Waals surface area (Å²) in [5, 5.41) is 4.85. The molecule has 1 N–H and O–H groups in total. The topological polar surface area (TPSA) is 37.3 Å². The fraction of sp³-hybridized carbons (Fsp3) is 0.400. The number of hydrogen-bond acceptors (Lipinski definition) is 3. The number of pyridine rings is 1. The number of nitrogens with zero attached hydrogens (tertiary/aromatic N) is 2. The Labute approximate surface area is 89.2 Å². The molecule has 0 bridgehead atoms. The normalized spacial score (nSPS) is 9.64. The van der Waals surface area contributed by atoms with Crippen LogP contribution < -0.4 is 5.43 Å². The van der Waals surface area contributed by atoms with Crippen molar-refractivity contribution in [1.29, 1.82) is 0 Å². The molecular weight excluding hydrogens is 198 g/mol. The Kier molecular flexibility index (Phi) is 4.40. The molecule has 14 heavy (non-hydrogen) atoms. The van der Waals surface area contributed by atoms with Gasteiger partial charge in [0.2, 0.25) is 0 Å². The van der Waals surface area contributed by atoms with Crippen molar-refractivity contribution in [2.45, 2.75) is 26.7 Å². The molecule has 0 atom stereocenters. The van der Waals surface area contributed by atoms with Gasteiger partial charge in [0.15, 0.2) is 0 Å². The molecule has 0 unspecified atom stereocenters. The van der Waals surface area contributed by atoms with Gasteiger partial charge in [0.05, 0.1) is 5.02 Å². The molecule has 0 spiro atoms. The predicted molar refractivity (Wildman–Crippen MR) is 60.9 cm³/mol. The molecular formula is C10H14ClN3. The van der Waals surface area contributed by atoms with Gasteiger partial charge in [-0.15, -0.1) is 0 Å². The number of nitrogens with one attached hydrogen (secondary N) is 1. The van der Waals surface area contributed by atoms with Gasteiger partial charge in [-0.2, -0.15) is 5.10 Å². The highest BCUT2D eigenvalue weighted by Gasteiger charge is 1.93. The maximum Gasteiger partial charge on any atom is 0.146 e. The van der Waals surface area contributed by atoms with Crippen molar-refractivity contribution in [3.05, 3.63) is 23.4 Å². The van der Waals surface area contributed by atoms with Crippen molar-refractivity contribution in [3.63, 3.8) is 0 Å². The van der Waals surface area contributed by atoms with Gasteiger partial charge in [-0.1, -0.05) is 25.4 Å². The van der Waals surface area contributed by atoms with Crippen LogP contribution in [0.5, 0.6) is 0 Å². The van der Waals surface area contributed by atoms with Crippen LogP contribution in [0, 0.1) is 0 Å². The average molecular weight is 212 g/mol. The molecule has 0 aliphatic carbocycles. The molecule has 1 aromatic heterocycles. The van der Waals surface area contributed by atoms with Crippen molar-refractivity contribution in [1.82, 2.24) is 4.98 Å². The van der Waals surface area contributed by atoms with E-state index in [4.69, 9.17) is 11.6 Å². The van der Waals surface area contributed by atoms with Crippen molar-refractivity contribution in [3.8, 4) is 0 Å². The highest BCUT2D eigenvalue weighted by molar-refractivity contribution is 6.30.